The quantitative estimate of drug-likeness (QED) is 0.357. The minimum Gasteiger partial charge on any atom is -0.383 e. The van der Waals surface area contributed by atoms with Crippen molar-refractivity contribution in [2.45, 2.75) is 26.3 Å². The third-order valence-corrected chi connectivity index (χ3v) is 3.99. The highest BCUT2D eigenvalue weighted by atomic mass is 15.4. The third kappa shape index (κ3) is 3.62. The SMILES string of the molecule is CC[C@@H](C)C(CN=C(N)c1cccc2[nH]ccc12)NNC. The number of aromatic nitrogens is 1. The number of H-pyrrole nitrogens is 1. The molecule has 0 spiro atoms. The Kier molecular flexibility index (Phi) is 5.36. The summed E-state index contributed by atoms with van der Waals surface area (Å²) in [6.45, 7) is 5.05. The van der Waals surface area contributed by atoms with Crippen molar-refractivity contribution in [1.82, 2.24) is 15.8 Å². The first-order chi connectivity index (χ1) is 10.2. The van der Waals surface area contributed by atoms with Gasteiger partial charge in [-0.1, -0.05) is 32.4 Å². The smallest absolute Gasteiger partial charge is 0.126 e. The number of fused-ring (bicyclic) bond motifs is 1. The number of aliphatic imine (C=N–C) groups is 1. The molecule has 21 heavy (non-hydrogen) atoms. The molecule has 0 saturated heterocycles. The van der Waals surface area contributed by atoms with Gasteiger partial charge in [-0.25, -0.2) is 0 Å². The Morgan fingerprint density at radius 1 is 1.38 bits per heavy atom. The normalized spacial score (nSPS) is 15.3. The number of hydrogen-bond acceptors (Lipinski definition) is 3. The highest BCUT2D eigenvalue weighted by Gasteiger charge is 2.14. The largest absolute Gasteiger partial charge is 0.383 e. The predicted molar refractivity (Wildman–Crippen MR) is 89.3 cm³/mol. The molecule has 2 rings (SSSR count). The van der Waals surface area contributed by atoms with Crippen LogP contribution in [-0.2, 0) is 0 Å². The van der Waals surface area contributed by atoms with Crippen molar-refractivity contribution in [2.75, 3.05) is 13.6 Å². The average molecular weight is 287 g/mol. The molecule has 1 unspecified atom stereocenters. The molecule has 5 heteroatoms. The first-order valence-electron chi connectivity index (χ1n) is 7.46. The van der Waals surface area contributed by atoms with Crippen molar-refractivity contribution in [3.8, 4) is 0 Å². The van der Waals surface area contributed by atoms with Crippen LogP contribution in [0.1, 0.15) is 25.8 Å². The van der Waals surface area contributed by atoms with Gasteiger partial charge in [-0.3, -0.25) is 15.8 Å². The summed E-state index contributed by atoms with van der Waals surface area (Å²) in [6.07, 6.45) is 3.02. The fourth-order valence-corrected chi connectivity index (χ4v) is 2.43. The number of nitrogens with two attached hydrogens (primary N) is 1. The second kappa shape index (κ2) is 7.24. The molecule has 0 aliphatic carbocycles. The van der Waals surface area contributed by atoms with Crippen LogP contribution in [0, 0.1) is 5.92 Å². The second-order valence-electron chi connectivity index (χ2n) is 5.36. The Morgan fingerprint density at radius 3 is 2.90 bits per heavy atom. The molecule has 0 radical (unpaired) electrons. The lowest BCUT2D eigenvalue weighted by molar-refractivity contribution is 0.346. The number of hydrogen-bond donors (Lipinski definition) is 4. The van der Waals surface area contributed by atoms with Crippen LogP contribution in [0.5, 0.6) is 0 Å². The van der Waals surface area contributed by atoms with Crippen LogP contribution in [-0.4, -0.2) is 30.5 Å². The number of aromatic amines is 1. The van der Waals surface area contributed by atoms with Crippen LogP contribution in [0.2, 0.25) is 0 Å². The minimum atomic E-state index is 0.268. The van der Waals surface area contributed by atoms with Crippen LogP contribution < -0.4 is 16.6 Å². The Hall–Kier alpha value is -1.85. The molecule has 2 atom stereocenters. The molecule has 0 fully saturated rings. The highest BCUT2D eigenvalue weighted by molar-refractivity contribution is 6.08. The number of amidine groups is 1. The summed E-state index contributed by atoms with van der Waals surface area (Å²) in [5, 5.41) is 1.11. The maximum Gasteiger partial charge on any atom is 0.126 e. The minimum absolute atomic E-state index is 0.268. The van der Waals surface area contributed by atoms with Gasteiger partial charge in [0.05, 0.1) is 6.54 Å². The van der Waals surface area contributed by atoms with E-state index in [9.17, 15) is 0 Å². The fourth-order valence-electron chi connectivity index (χ4n) is 2.43. The summed E-state index contributed by atoms with van der Waals surface area (Å²) < 4.78 is 0. The van der Waals surface area contributed by atoms with Gasteiger partial charge in [0.15, 0.2) is 0 Å². The molecule has 5 N–H and O–H groups in total. The van der Waals surface area contributed by atoms with Crippen molar-refractivity contribution < 1.29 is 0 Å². The topological polar surface area (TPSA) is 78.2 Å². The second-order valence-corrected chi connectivity index (χ2v) is 5.36. The molecule has 5 nitrogen and oxygen atoms in total. The van der Waals surface area contributed by atoms with E-state index in [0.717, 1.165) is 22.9 Å². The zero-order chi connectivity index (χ0) is 15.2. The van der Waals surface area contributed by atoms with Crippen LogP contribution in [0.15, 0.2) is 35.5 Å². The van der Waals surface area contributed by atoms with Crippen molar-refractivity contribution in [1.29, 1.82) is 0 Å². The van der Waals surface area contributed by atoms with Crippen molar-refractivity contribution in [3.63, 3.8) is 0 Å². The Labute approximate surface area is 126 Å². The lowest BCUT2D eigenvalue weighted by atomic mass is 10.00. The number of rotatable bonds is 7. The summed E-state index contributed by atoms with van der Waals surface area (Å²) in [7, 11) is 1.88. The molecule has 1 heterocycles. The summed E-state index contributed by atoms with van der Waals surface area (Å²) in [5.74, 6) is 1.11. The van der Waals surface area contributed by atoms with Crippen LogP contribution in [0.3, 0.4) is 0 Å². The van der Waals surface area contributed by atoms with Crippen molar-refractivity contribution >= 4 is 16.7 Å². The van der Waals surface area contributed by atoms with Gasteiger partial charge in [-0.05, 0) is 25.1 Å². The fraction of sp³-hybridized carbons (Fsp3) is 0.438. The van der Waals surface area contributed by atoms with Gasteiger partial charge in [-0.2, -0.15) is 0 Å². The van der Waals surface area contributed by atoms with E-state index in [1.54, 1.807) is 0 Å². The monoisotopic (exact) mass is 287 g/mol. The summed E-state index contributed by atoms with van der Waals surface area (Å²) in [5.41, 5.74) is 14.5. The standard InChI is InChI=1S/C16H25N5/c1-4-11(2)15(21-18-3)10-20-16(17)13-6-5-7-14-12(13)8-9-19-14/h5-9,11,15,18-19,21H,4,10H2,1-3H3,(H2,17,20)/t11-,15?/m1/s1. The van der Waals surface area contributed by atoms with E-state index >= 15 is 0 Å². The molecule has 0 saturated carbocycles. The molecule has 0 amide bonds. The first kappa shape index (κ1) is 15.5. The van der Waals surface area contributed by atoms with Gasteiger partial charge in [0.25, 0.3) is 0 Å². The summed E-state index contributed by atoms with van der Waals surface area (Å²) in [4.78, 5) is 7.78. The zero-order valence-corrected chi connectivity index (χ0v) is 13.0. The van der Waals surface area contributed by atoms with E-state index in [0.29, 0.717) is 18.3 Å². The molecular formula is C16H25N5. The zero-order valence-electron chi connectivity index (χ0n) is 13.0. The molecule has 114 valence electrons. The maximum absolute atomic E-state index is 6.19. The van der Waals surface area contributed by atoms with Crippen LogP contribution >= 0.6 is 0 Å². The number of nitrogens with zero attached hydrogens (tertiary/aromatic N) is 1. The highest BCUT2D eigenvalue weighted by Crippen LogP contribution is 2.17. The Morgan fingerprint density at radius 2 is 2.19 bits per heavy atom. The number of hydrazine groups is 1. The number of benzene rings is 1. The van der Waals surface area contributed by atoms with Crippen molar-refractivity contribution in [2.24, 2.45) is 16.6 Å². The molecule has 0 aliphatic rings. The van der Waals surface area contributed by atoms with Crippen LogP contribution in [0.4, 0.5) is 0 Å². The maximum atomic E-state index is 6.19. The average Bonchev–Trinajstić information content (AvgIpc) is 2.98. The van der Waals surface area contributed by atoms with E-state index in [1.807, 2.05) is 37.5 Å². The first-order valence-corrected chi connectivity index (χ1v) is 7.46. The number of nitrogens with one attached hydrogen (secondary N) is 3. The van der Waals surface area contributed by atoms with E-state index in [1.165, 1.54) is 0 Å². The van der Waals surface area contributed by atoms with Gasteiger partial charge >= 0.3 is 0 Å². The molecular weight excluding hydrogens is 262 g/mol. The lowest BCUT2D eigenvalue weighted by Gasteiger charge is -2.22. The van der Waals surface area contributed by atoms with E-state index in [4.69, 9.17) is 5.73 Å². The predicted octanol–water partition coefficient (Wildman–Crippen LogP) is 2.01. The molecule has 1 aromatic carbocycles. The van der Waals surface area contributed by atoms with Crippen molar-refractivity contribution in [3.05, 3.63) is 36.0 Å². The molecule has 2 aromatic rings. The van der Waals surface area contributed by atoms with E-state index < -0.39 is 0 Å². The summed E-state index contributed by atoms with van der Waals surface area (Å²) in [6, 6.07) is 8.35. The lowest BCUT2D eigenvalue weighted by Crippen LogP contribution is -2.44. The van der Waals surface area contributed by atoms with Gasteiger partial charge in [0.2, 0.25) is 0 Å². The van der Waals surface area contributed by atoms with Gasteiger partial charge in [0, 0.05) is 28.7 Å². The Bertz CT molecular complexity index is 601. The van der Waals surface area contributed by atoms with Gasteiger partial charge < -0.3 is 10.7 Å². The van der Waals surface area contributed by atoms with Gasteiger partial charge in [0.1, 0.15) is 5.84 Å². The van der Waals surface area contributed by atoms with Crippen LogP contribution in [0.25, 0.3) is 10.9 Å². The van der Waals surface area contributed by atoms with E-state index in [2.05, 4.69) is 34.7 Å². The van der Waals surface area contributed by atoms with E-state index in [-0.39, 0.29) is 6.04 Å². The molecule has 0 bridgehead atoms. The third-order valence-electron chi connectivity index (χ3n) is 3.99. The molecule has 0 aliphatic heterocycles. The summed E-state index contributed by atoms with van der Waals surface area (Å²) >= 11 is 0. The Balaban J connectivity index is 2.18. The molecule has 1 aromatic heterocycles. The van der Waals surface area contributed by atoms with Gasteiger partial charge in [-0.15, -0.1) is 0 Å².